The molecule has 0 amide bonds. The van der Waals surface area contributed by atoms with E-state index in [0.29, 0.717) is 21.7 Å². The highest BCUT2D eigenvalue weighted by Gasteiger charge is 2.12. The smallest absolute Gasteiger partial charge is 0.266 e. The Morgan fingerprint density at radius 3 is 2.40 bits per heavy atom. The van der Waals surface area contributed by atoms with E-state index in [1.54, 1.807) is 22.8 Å². The van der Waals surface area contributed by atoms with Crippen molar-refractivity contribution in [1.82, 2.24) is 14.5 Å². The van der Waals surface area contributed by atoms with Crippen LogP contribution in [0.25, 0.3) is 39.6 Å². The number of hydrogen-bond acceptors (Lipinski definition) is 2. The van der Waals surface area contributed by atoms with E-state index >= 15 is 0 Å². The molecule has 5 heteroatoms. The molecule has 0 spiro atoms. The number of hydrogen-bond donors (Lipinski definition) is 1. The van der Waals surface area contributed by atoms with Crippen LogP contribution in [0.15, 0.2) is 77.6 Å². The van der Waals surface area contributed by atoms with E-state index in [4.69, 9.17) is 16.6 Å². The van der Waals surface area contributed by atoms with E-state index in [9.17, 15) is 4.79 Å². The summed E-state index contributed by atoms with van der Waals surface area (Å²) >= 11 is 6.05. The van der Waals surface area contributed by atoms with Crippen LogP contribution in [0.2, 0.25) is 5.02 Å². The maximum Gasteiger partial charge on any atom is 0.266 e. The van der Waals surface area contributed by atoms with Crippen LogP contribution >= 0.6 is 11.6 Å². The number of rotatable bonds is 3. The quantitative estimate of drug-likeness (QED) is 0.396. The average Bonchev–Trinajstić information content (AvgIpc) is 3.08. The van der Waals surface area contributed by atoms with Crippen LogP contribution in [0.1, 0.15) is 17.1 Å². The summed E-state index contributed by atoms with van der Waals surface area (Å²) in [5.41, 5.74) is 4.50. The number of benzene rings is 3. The van der Waals surface area contributed by atoms with Crippen LogP contribution in [-0.2, 0) is 0 Å². The van der Waals surface area contributed by atoms with Crippen molar-refractivity contribution in [3.05, 3.63) is 105 Å². The van der Waals surface area contributed by atoms with Gasteiger partial charge in [-0.3, -0.25) is 9.36 Å². The molecule has 1 N–H and O–H groups in total. The molecule has 3 aromatic carbocycles. The standard InChI is InChI=1S/C25H18ClN3O/c1-16-19(20-6-2-4-8-22(20)27-16)14-15-24-28-23-9-5-3-7-21(23)25(30)29(24)18-12-10-17(26)11-13-18/h2-15,27H,1H3/b15-14+. The summed E-state index contributed by atoms with van der Waals surface area (Å²) < 4.78 is 1.62. The normalized spacial score (nSPS) is 11.7. The Morgan fingerprint density at radius 2 is 1.60 bits per heavy atom. The summed E-state index contributed by atoms with van der Waals surface area (Å²) in [5.74, 6) is 0.561. The van der Waals surface area contributed by atoms with E-state index < -0.39 is 0 Å². The topological polar surface area (TPSA) is 50.7 Å². The second kappa shape index (κ2) is 7.32. The van der Waals surface area contributed by atoms with Gasteiger partial charge in [-0.2, -0.15) is 0 Å². The Kier molecular flexibility index (Phi) is 4.49. The van der Waals surface area contributed by atoms with Gasteiger partial charge in [0.05, 0.1) is 16.6 Å². The maximum absolute atomic E-state index is 13.3. The van der Waals surface area contributed by atoms with Crippen molar-refractivity contribution in [2.75, 3.05) is 0 Å². The third-order valence-corrected chi connectivity index (χ3v) is 5.48. The fourth-order valence-electron chi connectivity index (χ4n) is 3.77. The van der Waals surface area contributed by atoms with Gasteiger partial charge in [-0.05, 0) is 61.5 Å². The summed E-state index contributed by atoms with van der Waals surface area (Å²) in [6.45, 7) is 2.04. The summed E-state index contributed by atoms with van der Waals surface area (Å²) in [4.78, 5) is 21.5. The van der Waals surface area contributed by atoms with E-state index in [1.807, 2.05) is 61.5 Å². The molecule has 0 aliphatic rings. The Morgan fingerprint density at radius 1 is 0.900 bits per heavy atom. The molecule has 5 rings (SSSR count). The average molecular weight is 412 g/mol. The molecule has 0 aliphatic heterocycles. The summed E-state index contributed by atoms with van der Waals surface area (Å²) in [6.07, 6.45) is 3.90. The number of para-hydroxylation sites is 2. The minimum Gasteiger partial charge on any atom is -0.358 e. The first-order valence-corrected chi connectivity index (χ1v) is 10.0. The molecule has 30 heavy (non-hydrogen) atoms. The fraction of sp³-hybridized carbons (Fsp3) is 0.0400. The van der Waals surface area contributed by atoms with Gasteiger partial charge in [0.15, 0.2) is 0 Å². The molecule has 0 atom stereocenters. The molecule has 0 saturated carbocycles. The highest BCUT2D eigenvalue weighted by molar-refractivity contribution is 6.30. The van der Waals surface area contributed by atoms with Crippen molar-refractivity contribution in [2.24, 2.45) is 0 Å². The van der Waals surface area contributed by atoms with Crippen LogP contribution in [0.4, 0.5) is 0 Å². The fourth-order valence-corrected chi connectivity index (χ4v) is 3.90. The monoisotopic (exact) mass is 411 g/mol. The molecule has 4 nitrogen and oxygen atoms in total. The maximum atomic E-state index is 13.3. The number of fused-ring (bicyclic) bond motifs is 2. The molecular weight excluding hydrogens is 394 g/mol. The van der Waals surface area contributed by atoms with Crippen molar-refractivity contribution in [3.8, 4) is 5.69 Å². The molecule has 0 fully saturated rings. The number of nitrogens with zero attached hydrogens (tertiary/aromatic N) is 2. The lowest BCUT2D eigenvalue weighted by Gasteiger charge is -2.11. The van der Waals surface area contributed by atoms with Gasteiger partial charge in [0.1, 0.15) is 5.82 Å². The Hall–Kier alpha value is -3.63. The first-order valence-electron chi connectivity index (χ1n) is 9.65. The van der Waals surface area contributed by atoms with Gasteiger partial charge in [0.25, 0.3) is 5.56 Å². The number of nitrogens with one attached hydrogen (secondary N) is 1. The summed E-state index contributed by atoms with van der Waals surface area (Å²) in [5, 5.41) is 2.33. The Balaban J connectivity index is 1.74. The van der Waals surface area contributed by atoms with E-state index in [1.165, 1.54) is 0 Å². The van der Waals surface area contributed by atoms with Crippen LogP contribution in [0, 0.1) is 6.92 Å². The minimum atomic E-state index is -0.113. The van der Waals surface area contributed by atoms with Crippen molar-refractivity contribution in [2.45, 2.75) is 6.92 Å². The van der Waals surface area contributed by atoms with E-state index in [0.717, 1.165) is 27.8 Å². The van der Waals surface area contributed by atoms with Crippen LogP contribution in [0.5, 0.6) is 0 Å². The number of aromatic amines is 1. The van der Waals surface area contributed by atoms with Gasteiger partial charge in [0, 0.05) is 27.2 Å². The molecule has 0 unspecified atom stereocenters. The number of aromatic nitrogens is 3. The van der Waals surface area contributed by atoms with Gasteiger partial charge in [-0.1, -0.05) is 41.9 Å². The second-order valence-electron chi connectivity index (χ2n) is 7.15. The lowest BCUT2D eigenvalue weighted by Crippen LogP contribution is -2.22. The zero-order chi connectivity index (χ0) is 20.7. The minimum absolute atomic E-state index is 0.113. The number of H-pyrrole nitrogens is 1. The van der Waals surface area contributed by atoms with Crippen LogP contribution < -0.4 is 5.56 Å². The molecule has 2 heterocycles. The summed E-state index contributed by atoms with van der Waals surface area (Å²) in [6, 6.07) is 22.8. The number of aryl methyl sites for hydroxylation is 1. The third kappa shape index (κ3) is 3.11. The van der Waals surface area contributed by atoms with E-state index in [2.05, 4.69) is 17.1 Å². The van der Waals surface area contributed by atoms with Crippen molar-refractivity contribution in [1.29, 1.82) is 0 Å². The van der Waals surface area contributed by atoms with E-state index in [-0.39, 0.29) is 5.56 Å². The Labute approximate surface area is 178 Å². The SMILES string of the molecule is Cc1[nH]c2ccccc2c1/C=C/c1nc2ccccc2c(=O)n1-c1ccc(Cl)cc1. The van der Waals surface area contributed by atoms with Crippen molar-refractivity contribution in [3.63, 3.8) is 0 Å². The van der Waals surface area contributed by atoms with Crippen molar-refractivity contribution < 1.29 is 0 Å². The van der Waals surface area contributed by atoms with Gasteiger partial charge >= 0.3 is 0 Å². The first-order chi connectivity index (χ1) is 14.6. The highest BCUT2D eigenvalue weighted by Crippen LogP contribution is 2.24. The largest absolute Gasteiger partial charge is 0.358 e. The number of halogens is 1. The lowest BCUT2D eigenvalue weighted by molar-refractivity contribution is 0.944. The third-order valence-electron chi connectivity index (χ3n) is 5.23. The Bertz CT molecular complexity index is 1480. The predicted molar refractivity (Wildman–Crippen MR) is 124 cm³/mol. The molecule has 5 aromatic rings. The lowest BCUT2D eigenvalue weighted by atomic mass is 10.1. The zero-order valence-electron chi connectivity index (χ0n) is 16.3. The highest BCUT2D eigenvalue weighted by atomic mass is 35.5. The molecule has 0 saturated heterocycles. The summed E-state index contributed by atoms with van der Waals surface area (Å²) in [7, 11) is 0. The molecule has 0 radical (unpaired) electrons. The molecule has 0 bridgehead atoms. The molecule has 0 aliphatic carbocycles. The second-order valence-corrected chi connectivity index (χ2v) is 7.58. The molecular formula is C25H18ClN3O. The molecule has 2 aromatic heterocycles. The zero-order valence-corrected chi connectivity index (χ0v) is 17.0. The predicted octanol–water partition coefficient (Wildman–Crippen LogP) is 6.00. The van der Waals surface area contributed by atoms with Crippen molar-refractivity contribution >= 4 is 45.6 Å². The van der Waals surface area contributed by atoms with Crippen LogP contribution in [-0.4, -0.2) is 14.5 Å². The molecule has 146 valence electrons. The van der Waals surface area contributed by atoms with Gasteiger partial charge in [-0.25, -0.2) is 4.98 Å². The van der Waals surface area contributed by atoms with Gasteiger partial charge in [0.2, 0.25) is 0 Å². The van der Waals surface area contributed by atoms with Crippen LogP contribution in [0.3, 0.4) is 0 Å². The van der Waals surface area contributed by atoms with Gasteiger partial charge in [-0.15, -0.1) is 0 Å². The first kappa shape index (κ1) is 18.4. The van der Waals surface area contributed by atoms with Gasteiger partial charge < -0.3 is 4.98 Å².